The maximum Gasteiger partial charge on any atom is 0.159 e. The van der Waals surface area contributed by atoms with Crippen molar-refractivity contribution in [3.63, 3.8) is 0 Å². The number of halogens is 1. The molecule has 8 heteroatoms. The highest BCUT2D eigenvalue weighted by Gasteiger charge is 2.19. The van der Waals surface area contributed by atoms with Crippen molar-refractivity contribution in [2.75, 3.05) is 22.2 Å². The third-order valence-electron chi connectivity index (χ3n) is 2.66. The fraction of sp³-hybridized carbons (Fsp3) is 0.556. The van der Waals surface area contributed by atoms with Gasteiger partial charge in [-0.15, -0.1) is 0 Å². The van der Waals surface area contributed by atoms with Crippen molar-refractivity contribution in [1.82, 2.24) is 9.97 Å². The van der Waals surface area contributed by atoms with E-state index in [4.69, 9.17) is 5.84 Å². The van der Waals surface area contributed by atoms with Crippen LogP contribution in [-0.4, -0.2) is 31.7 Å². The number of nitrogens with two attached hydrogens (primary N) is 1. The van der Waals surface area contributed by atoms with Crippen LogP contribution in [0.2, 0.25) is 0 Å². The summed E-state index contributed by atoms with van der Waals surface area (Å²) < 4.78 is 12.0. The summed E-state index contributed by atoms with van der Waals surface area (Å²) in [5.74, 6) is 8.09. The Kier molecular flexibility index (Phi) is 4.30. The highest BCUT2D eigenvalue weighted by molar-refractivity contribution is 9.10. The lowest BCUT2D eigenvalue weighted by Gasteiger charge is -2.23. The van der Waals surface area contributed by atoms with Crippen LogP contribution in [0.15, 0.2) is 10.8 Å². The second kappa shape index (κ2) is 5.74. The quantitative estimate of drug-likeness (QED) is 0.565. The van der Waals surface area contributed by atoms with Crippen LogP contribution in [0.3, 0.4) is 0 Å². The molecule has 1 aromatic heterocycles. The Balaban J connectivity index is 2.06. The number of nitrogens with zero attached hydrogens (tertiary/aromatic N) is 2. The number of hydrogen-bond donors (Lipinski definition) is 3. The van der Waals surface area contributed by atoms with Gasteiger partial charge in [-0.2, -0.15) is 0 Å². The van der Waals surface area contributed by atoms with E-state index < -0.39 is 10.8 Å². The predicted molar refractivity (Wildman–Crippen MR) is 72.1 cm³/mol. The Hall–Kier alpha value is -0.730. The Morgan fingerprint density at radius 3 is 2.65 bits per heavy atom. The zero-order chi connectivity index (χ0) is 12.3. The summed E-state index contributed by atoms with van der Waals surface area (Å²) in [6.07, 6.45) is 3.24. The molecule has 0 aliphatic carbocycles. The molecule has 1 aliphatic rings. The Morgan fingerprint density at radius 2 is 2.00 bits per heavy atom. The Bertz CT molecular complexity index is 420. The second-order valence-electron chi connectivity index (χ2n) is 3.80. The van der Waals surface area contributed by atoms with E-state index in [0.29, 0.717) is 22.2 Å². The van der Waals surface area contributed by atoms with Crippen LogP contribution in [0.5, 0.6) is 0 Å². The van der Waals surface area contributed by atoms with Gasteiger partial charge in [-0.25, -0.2) is 15.8 Å². The third-order valence-corrected chi connectivity index (χ3v) is 4.79. The molecular formula is C9H14BrN5OS. The van der Waals surface area contributed by atoms with E-state index in [1.165, 1.54) is 6.33 Å². The molecule has 1 aromatic rings. The van der Waals surface area contributed by atoms with Crippen LogP contribution >= 0.6 is 15.9 Å². The van der Waals surface area contributed by atoms with Crippen molar-refractivity contribution in [1.29, 1.82) is 0 Å². The molecule has 0 amide bonds. The standard InChI is InChI=1S/C9H14BrN5OS/c10-7-8(12-5-13-9(7)15-11)14-6-1-3-17(16)4-2-6/h5-6H,1-4,11H2,(H2,12,13,14,15). The summed E-state index contributed by atoms with van der Waals surface area (Å²) in [6, 6.07) is 0.310. The first-order valence-corrected chi connectivity index (χ1v) is 7.57. The highest BCUT2D eigenvalue weighted by Crippen LogP contribution is 2.27. The third kappa shape index (κ3) is 3.14. The highest BCUT2D eigenvalue weighted by atomic mass is 79.9. The molecule has 2 heterocycles. The zero-order valence-corrected chi connectivity index (χ0v) is 11.6. The molecule has 0 spiro atoms. The molecule has 0 radical (unpaired) electrons. The number of hydrogen-bond acceptors (Lipinski definition) is 6. The number of nitrogens with one attached hydrogen (secondary N) is 2. The number of hydrazine groups is 1. The Morgan fingerprint density at radius 1 is 1.35 bits per heavy atom. The van der Waals surface area contributed by atoms with E-state index in [9.17, 15) is 4.21 Å². The van der Waals surface area contributed by atoms with E-state index in [-0.39, 0.29) is 0 Å². The molecular weight excluding hydrogens is 306 g/mol. The first-order valence-electron chi connectivity index (χ1n) is 5.29. The monoisotopic (exact) mass is 319 g/mol. The molecule has 94 valence electrons. The average Bonchev–Trinajstić information content (AvgIpc) is 2.35. The Labute approximate surface area is 110 Å². The normalized spacial score (nSPS) is 24.4. The van der Waals surface area contributed by atoms with Crippen LogP contribution in [0, 0.1) is 0 Å². The van der Waals surface area contributed by atoms with Crippen molar-refractivity contribution in [2.45, 2.75) is 18.9 Å². The van der Waals surface area contributed by atoms with Crippen molar-refractivity contribution in [3.05, 3.63) is 10.8 Å². The van der Waals surface area contributed by atoms with Gasteiger partial charge in [-0.05, 0) is 28.8 Å². The van der Waals surface area contributed by atoms with Crippen LogP contribution in [0.1, 0.15) is 12.8 Å². The number of rotatable bonds is 3. The van der Waals surface area contributed by atoms with E-state index in [1.807, 2.05) is 0 Å². The van der Waals surface area contributed by atoms with Crippen molar-refractivity contribution in [3.8, 4) is 0 Å². The lowest BCUT2D eigenvalue weighted by molar-refractivity contribution is 0.622. The molecule has 0 atom stereocenters. The molecule has 6 nitrogen and oxygen atoms in total. The van der Waals surface area contributed by atoms with Gasteiger partial charge >= 0.3 is 0 Å². The van der Waals surface area contributed by atoms with Gasteiger partial charge in [0, 0.05) is 28.3 Å². The van der Waals surface area contributed by atoms with Gasteiger partial charge in [0.25, 0.3) is 0 Å². The zero-order valence-electron chi connectivity index (χ0n) is 9.15. The van der Waals surface area contributed by atoms with Crippen molar-refractivity contribution >= 4 is 38.4 Å². The second-order valence-corrected chi connectivity index (χ2v) is 6.29. The maximum atomic E-state index is 11.3. The summed E-state index contributed by atoms with van der Waals surface area (Å²) in [5.41, 5.74) is 2.49. The molecule has 0 aromatic carbocycles. The minimum atomic E-state index is -0.647. The van der Waals surface area contributed by atoms with Crippen molar-refractivity contribution in [2.24, 2.45) is 5.84 Å². The van der Waals surface area contributed by atoms with Gasteiger partial charge in [0.05, 0.1) is 0 Å². The summed E-state index contributed by atoms with van der Waals surface area (Å²) in [7, 11) is -0.647. The predicted octanol–water partition coefficient (Wildman–Crippen LogP) is 0.848. The SMILES string of the molecule is NNc1ncnc(NC2CCS(=O)CC2)c1Br. The van der Waals surface area contributed by atoms with Crippen LogP contribution in [0.4, 0.5) is 11.6 Å². The molecule has 4 N–H and O–H groups in total. The van der Waals surface area contributed by atoms with E-state index in [1.54, 1.807) is 0 Å². The molecule has 2 rings (SSSR count). The van der Waals surface area contributed by atoms with Gasteiger partial charge in [-0.3, -0.25) is 4.21 Å². The number of anilines is 2. The van der Waals surface area contributed by atoms with E-state index in [0.717, 1.165) is 24.3 Å². The first-order chi connectivity index (χ1) is 8.20. The van der Waals surface area contributed by atoms with Crippen LogP contribution in [-0.2, 0) is 10.8 Å². The molecule has 1 aliphatic heterocycles. The lowest BCUT2D eigenvalue weighted by Crippen LogP contribution is -2.30. The van der Waals surface area contributed by atoms with E-state index in [2.05, 4.69) is 36.6 Å². The van der Waals surface area contributed by atoms with E-state index >= 15 is 0 Å². The lowest BCUT2D eigenvalue weighted by atomic mass is 10.1. The number of nitrogen functional groups attached to an aromatic ring is 1. The van der Waals surface area contributed by atoms with Gasteiger partial charge in [0.15, 0.2) is 5.82 Å². The summed E-state index contributed by atoms with van der Waals surface area (Å²) in [4.78, 5) is 8.14. The minimum Gasteiger partial charge on any atom is -0.366 e. The molecule has 0 saturated carbocycles. The molecule has 1 saturated heterocycles. The van der Waals surface area contributed by atoms with Crippen LogP contribution < -0.4 is 16.6 Å². The largest absolute Gasteiger partial charge is 0.366 e. The molecule has 1 fully saturated rings. The molecule has 0 bridgehead atoms. The van der Waals surface area contributed by atoms with Gasteiger partial charge < -0.3 is 10.7 Å². The van der Waals surface area contributed by atoms with Gasteiger partial charge in [0.2, 0.25) is 0 Å². The first kappa shape index (κ1) is 12.7. The minimum absolute atomic E-state index is 0.310. The fourth-order valence-electron chi connectivity index (χ4n) is 1.70. The fourth-order valence-corrected chi connectivity index (χ4v) is 3.44. The van der Waals surface area contributed by atoms with Gasteiger partial charge in [0.1, 0.15) is 16.6 Å². The summed E-state index contributed by atoms with van der Waals surface area (Å²) in [5, 5.41) is 3.32. The van der Waals surface area contributed by atoms with Gasteiger partial charge in [-0.1, -0.05) is 0 Å². The molecule has 17 heavy (non-hydrogen) atoms. The maximum absolute atomic E-state index is 11.3. The summed E-state index contributed by atoms with van der Waals surface area (Å²) in [6.45, 7) is 0. The average molecular weight is 320 g/mol. The topological polar surface area (TPSA) is 92.9 Å². The summed E-state index contributed by atoms with van der Waals surface area (Å²) >= 11 is 3.39. The van der Waals surface area contributed by atoms with Crippen LogP contribution in [0.25, 0.3) is 0 Å². The number of aromatic nitrogens is 2. The molecule has 0 unspecified atom stereocenters. The smallest absolute Gasteiger partial charge is 0.159 e. The van der Waals surface area contributed by atoms with Crippen molar-refractivity contribution < 1.29 is 4.21 Å².